The van der Waals surface area contributed by atoms with Gasteiger partial charge < -0.3 is 15.0 Å². The highest BCUT2D eigenvalue weighted by atomic mass is 35.5. The van der Waals surface area contributed by atoms with Gasteiger partial charge in [0.2, 0.25) is 0 Å². The maximum atomic E-state index is 13.7. The molecular weight excluding hydrogens is 490 g/mol. The fourth-order valence-electron chi connectivity index (χ4n) is 4.62. The van der Waals surface area contributed by atoms with Gasteiger partial charge in [-0.25, -0.2) is 9.80 Å². The molecule has 2 heterocycles. The molecule has 1 N–H and O–H groups in total. The molecule has 1 fully saturated rings. The van der Waals surface area contributed by atoms with Gasteiger partial charge in [0.15, 0.2) is 0 Å². The van der Waals surface area contributed by atoms with Crippen molar-refractivity contribution in [3.05, 3.63) is 69.7 Å². The van der Waals surface area contributed by atoms with Crippen molar-refractivity contribution in [2.75, 3.05) is 52.5 Å². The summed E-state index contributed by atoms with van der Waals surface area (Å²) in [5, 5.41) is 9.84. The van der Waals surface area contributed by atoms with Gasteiger partial charge in [-0.3, -0.25) is 9.69 Å². The SMILES string of the molecule is CCNC(=O)N(CCN1CCOCC1)CC(=O)N1N=C(c2ccc(C)c(C)c2)CC1c1ccc(Cl)cc1. The number of nitrogens with one attached hydrogen (secondary N) is 1. The lowest BCUT2D eigenvalue weighted by Crippen LogP contribution is -2.49. The van der Waals surface area contributed by atoms with Gasteiger partial charge in [-0.15, -0.1) is 0 Å². The first-order chi connectivity index (χ1) is 17.9. The maximum Gasteiger partial charge on any atom is 0.317 e. The van der Waals surface area contributed by atoms with E-state index in [0.29, 0.717) is 44.3 Å². The zero-order valence-electron chi connectivity index (χ0n) is 21.9. The number of hydrogen-bond acceptors (Lipinski definition) is 5. The van der Waals surface area contributed by atoms with Gasteiger partial charge in [0.05, 0.1) is 25.0 Å². The normalized spacial score (nSPS) is 18.0. The van der Waals surface area contributed by atoms with Crippen LogP contribution in [0.4, 0.5) is 4.79 Å². The average Bonchev–Trinajstić information content (AvgIpc) is 3.35. The molecule has 3 amide bonds. The Kier molecular flexibility index (Phi) is 9.18. The average molecular weight is 526 g/mol. The molecule has 2 aliphatic heterocycles. The van der Waals surface area contributed by atoms with E-state index in [0.717, 1.165) is 29.9 Å². The molecule has 4 rings (SSSR count). The summed E-state index contributed by atoms with van der Waals surface area (Å²) in [5.74, 6) is -0.216. The molecular formula is C28H36ClN5O3. The largest absolute Gasteiger partial charge is 0.379 e. The molecule has 0 spiro atoms. The van der Waals surface area contributed by atoms with E-state index in [2.05, 4.69) is 42.3 Å². The van der Waals surface area contributed by atoms with Crippen LogP contribution in [0.5, 0.6) is 0 Å². The van der Waals surface area contributed by atoms with Crippen LogP contribution in [0.25, 0.3) is 0 Å². The Bertz CT molecular complexity index is 1130. The summed E-state index contributed by atoms with van der Waals surface area (Å²) >= 11 is 6.13. The van der Waals surface area contributed by atoms with Crippen LogP contribution in [-0.2, 0) is 9.53 Å². The second kappa shape index (κ2) is 12.5. The van der Waals surface area contributed by atoms with Gasteiger partial charge in [0.25, 0.3) is 5.91 Å². The van der Waals surface area contributed by atoms with Crippen LogP contribution in [0.2, 0.25) is 5.02 Å². The number of carbonyl (C=O) groups is 2. The lowest BCUT2D eigenvalue weighted by molar-refractivity contribution is -0.133. The number of aryl methyl sites for hydroxylation is 2. The summed E-state index contributed by atoms with van der Waals surface area (Å²) in [6.45, 7) is 10.6. The summed E-state index contributed by atoms with van der Waals surface area (Å²) in [4.78, 5) is 30.4. The highest BCUT2D eigenvalue weighted by Gasteiger charge is 2.34. The predicted octanol–water partition coefficient (Wildman–Crippen LogP) is 4.00. The summed E-state index contributed by atoms with van der Waals surface area (Å²) < 4.78 is 5.43. The minimum Gasteiger partial charge on any atom is -0.379 e. The van der Waals surface area contributed by atoms with Crippen LogP contribution in [0, 0.1) is 13.8 Å². The van der Waals surface area contributed by atoms with Crippen molar-refractivity contribution in [1.82, 2.24) is 20.1 Å². The minimum absolute atomic E-state index is 0.0516. The summed E-state index contributed by atoms with van der Waals surface area (Å²) in [7, 11) is 0. The third-order valence-electron chi connectivity index (χ3n) is 6.99. The maximum absolute atomic E-state index is 13.7. The van der Waals surface area contributed by atoms with Crippen molar-refractivity contribution in [1.29, 1.82) is 0 Å². The lowest BCUT2D eigenvalue weighted by Gasteiger charge is -2.31. The standard InChI is InChI=1S/C28H36ClN5O3/c1-4-30-28(36)33(12-11-32-13-15-37-16-14-32)19-27(35)34-26(22-7-9-24(29)10-8-22)18-25(31-34)23-6-5-20(2)21(3)17-23/h5-10,17,26H,4,11-16,18-19H2,1-3H3,(H,30,36). The number of rotatable bonds is 8. The number of nitrogens with zero attached hydrogens (tertiary/aromatic N) is 4. The van der Waals surface area contributed by atoms with Crippen molar-refractivity contribution >= 4 is 29.3 Å². The first-order valence-corrected chi connectivity index (χ1v) is 13.3. The van der Waals surface area contributed by atoms with E-state index in [1.165, 1.54) is 11.1 Å². The van der Waals surface area contributed by atoms with Gasteiger partial charge in [0, 0.05) is 44.2 Å². The van der Waals surface area contributed by atoms with E-state index in [-0.39, 0.29) is 24.5 Å². The molecule has 37 heavy (non-hydrogen) atoms. The Labute approximate surface area is 224 Å². The molecule has 198 valence electrons. The van der Waals surface area contributed by atoms with E-state index < -0.39 is 0 Å². The van der Waals surface area contributed by atoms with Gasteiger partial charge in [-0.2, -0.15) is 5.10 Å². The van der Waals surface area contributed by atoms with E-state index >= 15 is 0 Å². The first kappa shape index (κ1) is 27.1. The zero-order chi connectivity index (χ0) is 26.4. The topological polar surface area (TPSA) is 77.5 Å². The smallest absolute Gasteiger partial charge is 0.317 e. The molecule has 2 aliphatic rings. The van der Waals surface area contributed by atoms with Crippen molar-refractivity contribution in [3.63, 3.8) is 0 Å². The van der Waals surface area contributed by atoms with Crippen molar-refractivity contribution in [3.8, 4) is 0 Å². The lowest BCUT2D eigenvalue weighted by atomic mass is 9.96. The fourth-order valence-corrected chi connectivity index (χ4v) is 4.74. The Morgan fingerprint density at radius 3 is 2.51 bits per heavy atom. The second-order valence-electron chi connectivity index (χ2n) is 9.57. The molecule has 9 heteroatoms. The predicted molar refractivity (Wildman–Crippen MR) is 146 cm³/mol. The number of halogens is 1. The number of benzene rings is 2. The number of hydrogen-bond donors (Lipinski definition) is 1. The molecule has 0 bridgehead atoms. The summed E-state index contributed by atoms with van der Waals surface area (Å²) in [6.07, 6.45) is 0.588. The molecule has 0 radical (unpaired) electrons. The Morgan fingerprint density at radius 1 is 1.11 bits per heavy atom. The van der Waals surface area contributed by atoms with Crippen LogP contribution in [0.15, 0.2) is 47.6 Å². The van der Waals surface area contributed by atoms with Crippen LogP contribution in [0.1, 0.15) is 41.6 Å². The quantitative estimate of drug-likeness (QED) is 0.565. The third kappa shape index (κ3) is 6.89. The van der Waals surface area contributed by atoms with E-state index in [4.69, 9.17) is 21.4 Å². The van der Waals surface area contributed by atoms with Gasteiger partial charge >= 0.3 is 6.03 Å². The second-order valence-corrected chi connectivity index (χ2v) is 10.0. The highest BCUT2D eigenvalue weighted by Crippen LogP contribution is 2.34. The fraction of sp³-hybridized carbons (Fsp3) is 0.464. The van der Waals surface area contributed by atoms with E-state index in [1.807, 2.05) is 31.2 Å². The van der Waals surface area contributed by atoms with Crippen molar-refractivity contribution in [2.24, 2.45) is 5.10 Å². The third-order valence-corrected chi connectivity index (χ3v) is 7.24. The number of hydrazone groups is 1. The van der Waals surface area contributed by atoms with E-state index in [1.54, 1.807) is 9.91 Å². The molecule has 0 aliphatic carbocycles. The first-order valence-electron chi connectivity index (χ1n) is 12.9. The molecule has 1 saturated heterocycles. The summed E-state index contributed by atoms with van der Waals surface area (Å²) in [5.41, 5.74) is 5.21. The van der Waals surface area contributed by atoms with E-state index in [9.17, 15) is 9.59 Å². The number of urea groups is 1. The van der Waals surface area contributed by atoms with Crippen LogP contribution >= 0.6 is 11.6 Å². The molecule has 2 aromatic carbocycles. The minimum atomic E-state index is -0.267. The Hall–Kier alpha value is -2.94. The molecule has 2 aromatic rings. The monoisotopic (exact) mass is 525 g/mol. The van der Waals surface area contributed by atoms with Gasteiger partial charge in [-0.05, 0) is 61.2 Å². The van der Waals surface area contributed by atoms with Crippen LogP contribution < -0.4 is 5.32 Å². The molecule has 1 atom stereocenters. The van der Waals surface area contributed by atoms with Gasteiger partial charge in [-0.1, -0.05) is 35.9 Å². The number of amides is 3. The summed E-state index contributed by atoms with van der Waals surface area (Å²) in [6, 6.07) is 13.3. The van der Waals surface area contributed by atoms with Gasteiger partial charge in [0.1, 0.15) is 6.54 Å². The van der Waals surface area contributed by atoms with Crippen LogP contribution in [-0.4, -0.2) is 84.9 Å². The molecule has 0 saturated carbocycles. The molecule has 0 aromatic heterocycles. The molecule has 1 unspecified atom stereocenters. The highest BCUT2D eigenvalue weighted by molar-refractivity contribution is 6.30. The van der Waals surface area contributed by atoms with Crippen molar-refractivity contribution in [2.45, 2.75) is 33.2 Å². The molecule has 8 nitrogen and oxygen atoms in total. The zero-order valence-corrected chi connectivity index (χ0v) is 22.6. The number of carbonyl (C=O) groups excluding carboxylic acids is 2. The van der Waals surface area contributed by atoms with Crippen molar-refractivity contribution < 1.29 is 14.3 Å². The Balaban J connectivity index is 1.56. The Morgan fingerprint density at radius 2 is 1.84 bits per heavy atom. The number of ether oxygens (including phenoxy) is 1. The number of morpholine rings is 1. The van der Waals surface area contributed by atoms with Crippen LogP contribution in [0.3, 0.4) is 0 Å².